The molecule has 3 N–H and O–H groups in total. The van der Waals surface area contributed by atoms with E-state index in [1.165, 1.54) is 7.11 Å². The van der Waals surface area contributed by atoms with E-state index in [4.69, 9.17) is 9.47 Å². The van der Waals surface area contributed by atoms with Crippen LogP contribution in [0.5, 0.6) is 0 Å². The van der Waals surface area contributed by atoms with Gasteiger partial charge in [-0.3, -0.25) is 0 Å². The summed E-state index contributed by atoms with van der Waals surface area (Å²) in [6.07, 6.45) is 1.09. The lowest BCUT2D eigenvalue weighted by atomic mass is 10.0. The summed E-state index contributed by atoms with van der Waals surface area (Å²) < 4.78 is 37.9. The van der Waals surface area contributed by atoms with Crippen LogP contribution >= 0.6 is 24.0 Å². The second-order valence-corrected chi connectivity index (χ2v) is 8.95. The van der Waals surface area contributed by atoms with Crippen molar-refractivity contribution in [2.75, 3.05) is 40.0 Å². The van der Waals surface area contributed by atoms with E-state index in [1.54, 1.807) is 18.2 Å². The Morgan fingerprint density at radius 2 is 1.90 bits per heavy atom. The van der Waals surface area contributed by atoms with Crippen LogP contribution in [0.25, 0.3) is 0 Å². The van der Waals surface area contributed by atoms with E-state index in [2.05, 4.69) is 34.2 Å². The number of sulfonamides is 1. The maximum atomic E-state index is 12.4. The quantitative estimate of drug-likeness (QED) is 0.138. The van der Waals surface area contributed by atoms with E-state index in [0.29, 0.717) is 31.6 Å². The fourth-order valence-electron chi connectivity index (χ4n) is 2.84. The number of nitrogens with zero attached hydrogens (tertiary/aromatic N) is 1. The number of hydrogen-bond donors (Lipinski definition) is 3. The largest absolute Gasteiger partial charge is 0.383 e. The summed E-state index contributed by atoms with van der Waals surface area (Å²) in [6.45, 7) is 11.4. The van der Waals surface area contributed by atoms with Gasteiger partial charge in [-0.25, -0.2) is 18.1 Å². The zero-order valence-electron chi connectivity index (χ0n) is 19.3. The Kier molecular flexibility index (Phi) is 16.1. The van der Waals surface area contributed by atoms with Crippen molar-refractivity contribution in [3.63, 3.8) is 0 Å². The number of benzene rings is 1. The van der Waals surface area contributed by atoms with Crippen molar-refractivity contribution >= 4 is 40.0 Å². The molecule has 0 fully saturated rings. The fourth-order valence-corrected chi connectivity index (χ4v) is 3.92. The number of hydrogen-bond acceptors (Lipinski definition) is 5. The maximum absolute atomic E-state index is 12.4. The third kappa shape index (κ3) is 12.0. The van der Waals surface area contributed by atoms with Gasteiger partial charge in [0, 0.05) is 33.4 Å². The van der Waals surface area contributed by atoms with Gasteiger partial charge in [0.1, 0.15) is 0 Å². The lowest BCUT2D eigenvalue weighted by molar-refractivity contribution is 0.0258. The van der Waals surface area contributed by atoms with Gasteiger partial charge >= 0.3 is 0 Å². The number of guanidine groups is 1. The van der Waals surface area contributed by atoms with Crippen LogP contribution in [-0.2, 0) is 26.0 Å². The first kappa shape index (κ1) is 30.0. The third-order valence-electron chi connectivity index (χ3n) is 4.42. The first-order valence-corrected chi connectivity index (χ1v) is 12.0. The summed E-state index contributed by atoms with van der Waals surface area (Å²) in [5.74, 6) is 1.15. The van der Waals surface area contributed by atoms with Gasteiger partial charge in [0.2, 0.25) is 10.0 Å². The maximum Gasteiger partial charge on any atom is 0.240 e. The van der Waals surface area contributed by atoms with E-state index < -0.39 is 10.0 Å². The standard InChI is InChI=1S/C21H38N4O4S.HI/c1-6-22-21(23-12-11-20(17(3)4)29-7-2)24-16-18-9-8-10-19(15-18)30(26,27)25-13-14-28-5;/h8-10,15,17,20,25H,6-7,11-14,16H2,1-5H3,(H2,22,23,24);1H. The van der Waals surface area contributed by atoms with Gasteiger partial charge < -0.3 is 20.1 Å². The molecule has 1 rings (SSSR count). The molecule has 0 amide bonds. The summed E-state index contributed by atoms with van der Waals surface area (Å²) in [5.41, 5.74) is 0.816. The molecule has 31 heavy (non-hydrogen) atoms. The van der Waals surface area contributed by atoms with E-state index in [1.807, 2.05) is 19.9 Å². The third-order valence-corrected chi connectivity index (χ3v) is 5.88. The van der Waals surface area contributed by atoms with Crippen LogP contribution < -0.4 is 15.4 Å². The Hall–Kier alpha value is -0.950. The SMILES string of the molecule is CCNC(=NCc1cccc(S(=O)(=O)NCCOC)c1)NCCC(OCC)C(C)C.I. The minimum atomic E-state index is -3.56. The average Bonchev–Trinajstić information content (AvgIpc) is 2.71. The molecule has 0 saturated heterocycles. The van der Waals surface area contributed by atoms with Crippen molar-refractivity contribution < 1.29 is 17.9 Å². The number of halogens is 1. The van der Waals surface area contributed by atoms with Gasteiger partial charge in [0.15, 0.2) is 5.96 Å². The number of nitrogens with one attached hydrogen (secondary N) is 3. The first-order chi connectivity index (χ1) is 14.3. The zero-order valence-corrected chi connectivity index (χ0v) is 22.5. The Labute approximate surface area is 205 Å². The smallest absolute Gasteiger partial charge is 0.240 e. The molecule has 0 bridgehead atoms. The van der Waals surface area contributed by atoms with E-state index in [-0.39, 0.29) is 41.5 Å². The molecular weight excluding hydrogens is 531 g/mol. The molecule has 0 saturated carbocycles. The second kappa shape index (κ2) is 16.7. The molecule has 0 aliphatic rings. The Morgan fingerprint density at radius 1 is 1.16 bits per heavy atom. The molecule has 0 aromatic heterocycles. The van der Waals surface area contributed by atoms with Crippen LogP contribution in [0.15, 0.2) is 34.2 Å². The van der Waals surface area contributed by atoms with E-state index in [9.17, 15) is 8.42 Å². The van der Waals surface area contributed by atoms with Crippen molar-refractivity contribution in [2.45, 2.75) is 51.7 Å². The molecular formula is C21H39IN4O4S. The zero-order chi connectivity index (χ0) is 22.4. The molecule has 0 heterocycles. The highest BCUT2D eigenvalue weighted by Crippen LogP contribution is 2.12. The Morgan fingerprint density at radius 3 is 2.52 bits per heavy atom. The average molecular weight is 571 g/mol. The molecule has 180 valence electrons. The lowest BCUT2D eigenvalue weighted by Crippen LogP contribution is -2.39. The number of rotatable bonds is 14. The van der Waals surface area contributed by atoms with Crippen molar-refractivity contribution in [3.8, 4) is 0 Å². The monoisotopic (exact) mass is 570 g/mol. The van der Waals surface area contributed by atoms with Crippen LogP contribution in [0.3, 0.4) is 0 Å². The number of aliphatic imine (C=N–C) groups is 1. The molecule has 0 aliphatic carbocycles. The highest BCUT2D eigenvalue weighted by molar-refractivity contribution is 14.0. The minimum Gasteiger partial charge on any atom is -0.383 e. The van der Waals surface area contributed by atoms with Crippen molar-refractivity contribution in [3.05, 3.63) is 29.8 Å². The van der Waals surface area contributed by atoms with Crippen LogP contribution in [0.2, 0.25) is 0 Å². The highest BCUT2D eigenvalue weighted by Gasteiger charge is 2.14. The molecule has 0 aliphatic heterocycles. The van der Waals surface area contributed by atoms with Gasteiger partial charge in [-0.05, 0) is 43.9 Å². The van der Waals surface area contributed by atoms with Crippen LogP contribution in [0.1, 0.15) is 39.7 Å². The summed E-state index contributed by atoms with van der Waals surface area (Å²) in [4.78, 5) is 4.81. The van der Waals surface area contributed by atoms with Gasteiger partial charge in [0.05, 0.1) is 24.2 Å². The van der Waals surface area contributed by atoms with E-state index >= 15 is 0 Å². The Bertz CT molecular complexity index is 745. The summed E-state index contributed by atoms with van der Waals surface area (Å²) >= 11 is 0. The second-order valence-electron chi connectivity index (χ2n) is 7.19. The summed E-state index contributed by atoms with van der Waals surface area (Å²) in [5, 5.41) is 6.55. The van der Waals surface area contributed by atoms with Gasteiger partial charge in [-0.1, -0.05) is 26.0 Å². The Balaban J connectivity index is 0.00000900. The first-order valence-electron chi connectivity index (χ1n) is 10.5. The molecule has 0 radical (unpaired) electrons. The molecule has 0 spiro atoms. The molecule has 8 nitrogen and oxygen atoms in total. The van der Waals surface area contributed by atoms with Crippen LogP contribution in [0, 0.1) is 5.92 Å². The van der Waals surface area contributed by atoms with Crippen LogP contribution in [0.4, 0.5) is 0 Å². The molecule has 1 atom stereocenters. The molecule has 1 aromatic carbocycles. The van der Waals surface area contributed by atoms with Crippen molar-refractivity contribution in [1.29, 1.82) is 0 Å². The predicted molar refractivity (Wildman–Crippen MR) is 137 cm³/mol. The number of methoxy groups -OCH3 is 1. The topological polar surface area (TPSA) is 101 Å². The number of ether oxygens (including phenoxy) is 2. The summed E-state index contributed by atoms with van der Waals surface area (Å²) in [6, 6.07) is 6.81. The molecule has 10 heteroatoms. The highest BCUT2D eigenvalue weighted by atomic mass is 127. The van der Waals surface area contributed by atoms with Gasteiger partial charge in [-0.2, -0.15) is 0 Å². The van der Waals surface area contributed by atoms with E-state index in [0.717, 1.165) is 25.1 Å². The lowest BCUT2D eigenvalue weighted by Gasteiger charge is -2.21. The molecule has 1 aromatic rings. The van der Waals surface area contributed by atoms with Gasteiger partial charge in [-0.15, -0.1) is 24.0 Å². The minimum absolute atomic E-state index is 0. The summed E-state index contributed by atoms with van der Waals surface area (Å²) in [7, 11) is -2.03. The van der Waals surface area contributed by atoms with Crippen molar-refractivity contribution in [2.24, 2.45) is 10.9 Å². The molecule has 1 unspecified atom stereocenters. The van der Waals surface area contributed by atoms with Gasteiger partial charge in [0.25, 0.3) is 0 Å². The fraction of sp³-hybridized carbons (Fsp3) is 0.667. The van der Waals surface area contributed by atoms with Crippen LogP contribution in [-0.4, -0.2) is 60.4 Å². The normalized spacial score (nSPS) is 13.0. The van der Waals surface area contributed by atoms with Crippen molar-refractivity contribution in [1.82, 2.24) is 15.4 Å². The predicted octanol–water partition coefficient (Wildman–Crippen LogP) is 2.74.